The van der Waals surface area contributed by atoms with Gasteiger partial charge in [-0.2, -0.15) is 5.10 Å². The zero-order valence-corrected chi connectivity index (χ0v) is 20.1. The summed E-state index contributed by atoms with van der Waals surface area (Å²) in [6.07, 6.45) is 1.58. The van der Waals surface area contributed by atoms with Crippen molar-refractivity contribution in [2.45, 2.75) is 11.5 Å². The van der Waals surface area contributed by atoms with Gasteiger partial charge in [0.05, 0.1) is 19.1 Å². The van der Waals surface area contributed by atoms with Crippen LogP contribution in [0.15, 0.2) is 94.9 Å². The molecule has 7 heteroatoms. The molecule has 0 aromatic heterocycles. The topological polar surface area (TPSA) is 59.9 Å². The molecule has 0 radical (unpaired) electrons. The first-order valence-electron chi connectivity index (χ1n) is 10.6. The smallest absolute Gasteiger partial charge is 0.250 e. The van der Waals surface area contributed by atoms with Crippen LogP contribution in [0.4, 0.5) is 0 Å². The van der Waals surface area contributed by atoms with E-state index in [0.717, 1.165) is 26.8 Å². The van der Waals surface area contributed by atoms with E-state index in [1.165, 1.54) is 11.8 Å². The quantitative estimate of drug-likeness (QED) is 0.169. The molecule has 0 bridgehead atoms. The molecule has 4 aromatic rings. The van der Waals surface area contributed by atoms with Crippen LogP contribution in [0.1, 0.15) is 11.1 Å². The molecule has 1 amide bonds. The zero-order chi connectivity index (χ0) is 23.8. The fourth-order valence-corrected chi connectivity index (χ4v) is 4.29. The summed E-state index contributed by atoms with van der Waals surface area (Å²) in [5.41, 5.74) is 4.36. The van der Waals surface area contributed by atoms with Gasteiger partial charge in [-0.25, -0.2) is 5.43 Å². The summed E-state index contributed by atoms with van der Waals surface area (Å²) in [7, 11) is 1.58. The molecule has 172 valence electrons. The Balaban J connectivity index is 1.31. The van der Waals surface area contributed by atoms with Crippen molar-refractivity contribution in [1.82, 2.24) is 5.43 Å². The fraction of sp³-hybridized carbons (Fsp3) is 0.111. The summed E-state index contributed by atoms with van der Waals surface area (Å²) in [6, 6.07) is 27.1. The number of carbonyl (C=O) groups excluding carboxylic acids is 1. The van der Waals surface area contributed by atoms with Crippen LogP contribution in [0.5, 0.6) is 11.5 Å². The van der Waals surface area contributed by atoms with Crippen molar-refractivity contribution in [1.29, 1.82) is 0 Å². The highest BCUT2D eigenvalue weighted by Gasteiger charge is 2.07. The lowest BCUT2D eigenvalue weighted by Gasteiger charge is -2.11. The van der Waals surface area contributed by atoms with E-state index in [-0.39, 0.29) is 11.7 Å². The summed E-state index contributed by atoms with van der Waals surface area (Å²) in [6.45, 7) is 0.394. The first-order chi connectivity index (χ1) is 16.6. The molecule has 0 atom stereocenters. The number of benzene rings is 4. The van der Waals surface area contributed by atoms with Crippen LogP contribution < -0.4 is 14.9 Å². The van der Waals surface area contributed by atoms with E-state index in [1.54, 1.807) is 19.4 Å². The Morgan fingerprint density at radius 2 is 1.79 bits per heavy atom. The SMILES string of the molecule is COc1cc(C=NNC(=O)CSc2cccc3ccccc23)ccc1OCc1ccc(Cl)cc1. The van der Waals surface area contributed by atoms with Gasteiger partial charge in [-0.3, -0.25) is 4.79 Å². The Hall–Kier alpha value is -3.48. The number of hydrogen-bond acceptors (Lipinski definition) is 5. The second kappa shape index (κ2) is 11.6. The van der Waals surface area contributed by atoms with Crippen molar-refractivity contribution in [3.63, 3.8) is 0 Å². The highest BCUT2D eigenvalue weighted by Crippen LogP contribution is 2.29. The number of fused-ring (bicyclic) bond motifs is 1. The average molecular weight is 491 g/mol. The highest BCUT2D eigenvalue weighted by molar-refractivity contribution is 8.00. The minimum Gasteiger partial charge on any atom is -0.493 e. The molecule has 5 nitrogen and oxygen atoms in total. The van der Waals surface area contributed by atoms with Crippen LogP contribution in [-0.2, 0) is 11.4 Å². The highest BCUT2D eigenvalue weighted by atomic mass is 35.5. The maximum Gasteiger partial charge on any atom is 0.250 e. The molecular weight excluding hydrogens is 468 g/mol. The summed E-state index contributed by atoms with van der Waals surface area (Å²) >= 11 is 7.41. The van der Waals surface area contributed by atoms with E-state index in [2.05, 4.69) is 28.7 Å². The number of hydrazone groups is 1. The second-order valence-corrected chi connectivity index (χ2v) is 8.84. The van der Waals surface area contributed by atoms with E-state index < -0.39 is 0 Å². The van der Waals surface area contributed by atoms with Crippen molar-refractivity contribution in [3.8, 4) is 11.5 Å². The predicted octanol–water partition coefficient (Wildman–Crippen LogP) is 6.32. The predicted molar refractivity (Wildman–Crippen MR) is 139 cm³/mol. The molecule has 34 heavy (non-hydrogen) atoms. The fourth-order valence-electron chi connectivity index (χ4n) is 3.30. The first-order valence-corrected chi connectivity index (χ1v) is 12.0. The van der Waals surface area contributed by atoms with Gasteiger partial charge in [0.15, 0.2) is 11.5 Å². The van der Waals surface area contributed by atoms with E-state index in [0.29, 0.717) is 23.1 Å². The molecule has 0 spiro atoms. The first kappa shape index (κ1) is 23.7. The lowest BCUT2D eigenvalue weighted by molar-refractivity contribution is -0.118. The maximum atomic E-state index is 12.3. The molecule has 0 aliphatic rings. The standard InChI is InChI=1S/C27H23ClN2O3S/c1-32-25-15-20(11-14-24(25)33-17-19-9-12-22(28)13-10-19)16-29-30-27(31)18-34-26-8-4-6-21-5-2-3-7-23(21)26/h2-16H,17-18H2,1H3,(H,30,31). The number of halogens is 1. The van der Waals surface area contributed by atoms with Crippen LogP contribution in [0.25, 0.3) is 10.8 Å². The number of carbonyl (C=O) groups is 1. The van der Waals surface area contributed by atoms with Crippen molar-refractivity contribution in [2.75, 3.05) is 12.9 Å². The van der Waals surface area contributed by atoms with Gasteiger partial charge in [-0.05, 0) is 58.3 Å². The Morgan fingerprint density at radius 1 is 1.00 bits per heavy atom. The van der Waals surface area contributed by atoms with E-state index in [9.17, 15) is 4.79 Å². The van der Waals surface area contributed by atoms with Crippen molar-refractivity contribution >= 4 is 46.3 Å². The van der Waals surface area contributed by atoms with Crippen LogP contribution >= 0.6 is 23.4 Å². The van der Waals surface area contributed by atoms with Crippen LogP contribution in [0.2, 0.25) is 5.02 Å². The molecule has 1 N–H and O–H groups in total. The third-order valence-electron chi connectivity index (χ3n) is 5.01. The minimum absolute atomic E-state index is 0.177. The van der Waals surface area contributed by atoms with Crippen molar-refractivity contribution in [3.05, 3.63) is 101 Å². The summed E-state index contributed by atoms with van der Waals surface area (Å²) in [5.74, 6) is 1.29. The van der Waals surface area contributed by atoms with Gasteiger partial charge < -0.3 is 9.47 Å². The number of nitrogens with one attached hydrogen (secondary N) is 1. The lowest BCUT2D eigenvalue weighted by Crippen LogP contribution is -2.19. The molecule has 0 aliphatic carbocycles. The van der Waals surface area contributed by atoms with Crippen molar-refractivity contribution < 1.29 is 14.3 Å². The number of amides is 1. The van der Waals surface area contributed by atoms with Gasteiger partial charge in [0.1, 0.15) is 6.61 Å². The normalized spacial score (nSPS) is 11.0. The zero-order valence-electron chi connectivity index (χ0n) is 18.5. The molecule has 0 heterocycles. The number of rotatable bonds is 9. The molecule has 4 aromatic carbocycles. The van der Waals surface area contributed by atoms with E-state index >= 15 is 0 Å². The molecule has 0 unspecified atom stereocenters. The average Bonchev–Trinajstić information content (AvgIpc) is 2.87. The molecule has 0 saturated carbocycles. The van der Waals surface area contributed by atoms with Crippen LogP contribution in [0, 0.1) is 0 Å². The van der Waals surface area contributed by atoms with E-state index in [1.807, 2.05) is 60.7 Å². The molecule has 4 rings (SSSR count). The summed E-state index contributed by atoms with van der Waals surface area (Å²) in [5, 5.41) is 7.05. The largest absolute Gasteiger partial charge is 0.493 e. The number of thioether (sulfide) groups is 1. The van der Waals surface area contributed by atoms with Crippen LogP contribution in [-0.4, -0.2) is 25.0 Å². The van der Waals surface area contributed by atoms with Crippen molar-refractivity contribution in [2.24, 2.45) is 5.10 Å². The summed E-state index contributed by atoms with van der Waals surface area (Å²) < 4.78 is 11.3. The third kappa shape index (κ3) is 6.31. The van der Waals surface area contributed by atoms with Gasteiger partial charge >= 0.3 is 0 Å². The van der Waals surface area contributed by atoms with Crippen LogP contribution in [0.3, 0.4) is 0 Å². The molecule has 0 fully saturated rings. The van der Waals surface area contributed by atoms with Gasteiger partial charge in [0, 0.05) is 9.92 Å². The van der Waals surface area contributed by atoms with E-state index in [4.69, 9.17) is 21.1 Å². The number of nitrogens with zero attached hydrogens (tertiary/aromatic N) is 1. The minimum atomic E-state index is -0.177. The van der Waals surface area contributed by atoms with Gasteiger partial charge in [-0.1, -0.05) is 60.1 Å². The Labute approximate surface area is 207 Å². The molecule has 0 aliphatic heterocycles. The lowest BCUT2D eigenvalue weighted by atomic mass is 10.1. The Kier molecular flexibility index (Phi) is 8.07. The van der Waals surface area contributed by atoms with Gasteiger partial charge in [-0.15, -0.1) is 11.8 Å². The monoisotopic (exact) mass is 490 g/mol. The Bertz CT molecular complexity index is 1300. The maximum absolute atomic E-state index is 12.3. The third-order valence-corrected chi connectivity index (χ3v) is 6.33. The van der Waals surface area contributed by atoms with Gasteiger partial charge in [0.2, 0.25) is 5.91 Å². The number of hydrogen-bond donors (Lipinski definition) is 1. The summed E-state index contributed by atoms with van der Waals surface area (Å²) in [4.78, 5) is 13.3. The Morgan fingerprint density at radius 3 is 2.62 bits per heavy atom. The second-order valence-electron chi connectivity index (χ2n) is 7.38. The van der Waals surface area contributed by atoms with Gasteiger partial charge in [0.25, 0.3) is 0 Å². The molecular formula is C27H23ClN2O3S. The number of ether oxygens (including phenoxy) is 2. The molecule has 0 saturated heterocycles. The number of methoxy groups -OCH3 is 1.